The van der Waals surface area contributed by atoms with Gasteiger partial charge in [-0.2, -0.15) is 8.78 Å². The average molecular weight is 614 g/mol. The molecule has 1 amide bonds. The number of amides is 1. The van der Waals surface area contributed by atoms with E-state index >= 15 is 8.78 Å². The first-order chi connectivity index (χ1) is 21.3. The van der Waals surface area contributed by atoms with E-state index in [0.29, 0.717) is 19.6 Å². The number of rotatable bonds is 9. The predicted molar refractivity (Wildman–Crippen MR) is 172 cm³/mol. The van der Waals surface area contributed by atoms with Crippen LogP contribution in [0.2, 0.25) is 0 Å². The van der Waals surface area contributed by atoms with E-state index < -0.39 is 17.9 Å². The zero-order valence-electron chi connectivity index (χ0n) is 24.8. The zero-order valence-corrected chi connectivity index (χ0v) is 25.6. The number of likely N-dealkylation sites (tertiary alicyclic amines) is 1. The van der Waals surface area contributed by atoms with Crippen molar-refractivity contribution in [1.82, 2.24) is 14.9 Å². The largest absolute Gasteiger partial charge is 0.490 e. The molecule has 1 unspecified atom stereocenters. The van der Waals surface area contributed by atoms with Gasteiger partial charge in [0.05, 0.1) is 11.6 Å². The highest BCUT2D eigenvalue weighted by molar-refractivity contribution is 7.97. The molecule has 7 rings (SSSR count). The third-order valence-corrected chi connectivity index (χ3v) is 10.3. The lowest BCUT2D eigenvalue weighted by atomic mass is 9.78. The Hall–Kier alpha value is -3.46. The van der Waals surface area contributed by atoms with Crippen molar-refractivity contribution < 1.29 is 18.3 Å². The smallest absolute Gasteiger partial charge is 0.298 e. The fourth-order valence-electron chi connectivity index (χ4n) is 6.56. The van der Waals surface area contributed by atoms with Crippen molar-refractivity contribution in [2.75, 3.05) is 19.6 Å². The molecule has 1 spiro atoms. The molecule has 2 heterocycles. The molecule has 0 bridgehead atoms. The van der Waals surface area contributed by atoms with Crippen LogP contribution in [0.25, 0.3) is 21.9 Å². The SMILES string of the molecule is Cc1ccc(-c2ccc(C(F)(F)C(NSc3ccc4cc(OC5CCCC5)ccc4c3)C(=O)N3CCC34CNC4)cc2)cc1. The van der Waals surface area contributed by atoms with Crippen molar-refractivity contribution in [3.63, 3.8) is 0 Å². The van der Waals surface area contributed by atoms with E-state index in [-0.39, 0.29) is 17.2 Å². The van der Waals surface area contributed by atoms with E-state index in [1.54, 1.807) is 17.0 Å². The first-order valence-corrected chi connectivity index (χ1v) is 16.3. The van der Waals surface area contributed by atoms with Gasteiger partial charge in [0, 0.05) is 30.1 Å². The number of hydrogen-bond donors (Lipinski definition) is 2. The number of halogens is 2. The molecular weight excluding hydrogens is 576 g/mol. The van der Waals surface area contributed by atoms with Gasteiger partial charge in [-0.3, -0.25) is 4.79 Å². The summed E-state index contributed by atoms with van der Waals surface area (Å²) in [7, 11) is 0. The molecule has 4 aromatic rings. The van der Waals surface area contributed by atoms with Gasteiger partial charge in [-0.05, 0) is 97.1 Å². The van der Waals surface area contributed by atoms with Gasteiger partial charge in [-0.1, -0.05) is 66.2 Å². The Morgan fingerprint density at radius 1 is 0.955 bits per heavy atom. The van der Waals surface area contributed by atoms with Gasteiger partial charge < -0.3 is 15.0 Å². The van der Waals surface area contributed by atoms with Gasteiger partial charge >= 0.3 is 0 Å². The molecule has 1 atom stereocenters. The van der Waals surface area contributed by atoms with Crippen molar-refractivity contribution >= 4 is 28.6 Å². The monoisotopic (exact) mass is 613 g/mol. The summed E-state index contributed by atoms with van der Waals surface area (Å²) in [6, 6.07) is 24.4. The summed E-state index contributed by atoms with van der Waals surface area (Å²) >= 11 is 1.08. The summed E-state index contributed by atoms with van der Waals surface area (Å²) in [6.45, 7) is 3.80. The molecule has 0 aromatic heterocycles. The molecular formula is C36H37F2N3O2S. The summed E-state index contributed by atoms with van der Waals surface area (Å²) in [5, 5.41) is 5.22. The predicted octanol–water partition coefficient (Wildman–Crippen LogP) is 7.47. The second kappa shape index (κ2) is 11.8. The van der Waals surface area contributed by atoms with Crippen molar-refractivity contribution in [3.8, 4) is 16.9 Å². The number of nitrogens with zero attached hydrogens (tertiary/aromatic N) is 1. The fraction of sp³-hybridized carbons (Fsp3) is 0.361. The van der Waals surface area contributed by atoms with E-state index in [9.17, 15) is 4.79 Å². The van der Waals surface area contributed by atoms with Crippen LogP contribution in [0, 0.1) is 6.92 Å². The molecule has 4 aromatic carbocycles. The first-order valence-electron chi connectivity index (χ1n) is 15.5. The summed E-state index contributed by atoms with van der Waals surface area (Å²) in [4.78, 5) is 16.2. The van der Waals surface area contributed by atoms with Gasteiger partial charge in [0.25, 0.3) is 5.92 Å². The Bertz CT molecular complexity index is 1650. The molecule has 1 aliphatic carbocycles. The highest BCUT2D eigenvalue weighted by Gasteiger charge is 2.56. The minimum atomic E-state index is -3.44. The third kappa shape index (κ3) is 5.59. The number of benzene rings is 4. The average Bonchev–Trinajstić information content (AvgIpc) is 3.49. The lowest BCUT2D eigenvalue weighted by Gasteiger charge is -2.59. The summed E-state index contributed by atoms with van der Waals surface area (Å²) < 4.78 is 41.8. The van der Waals surface area contributed by atoms with Crippen LogP contribution in [-0.4, -0.2) is 48.1 Å². The van der Waals surface area contributed by atoms with E-state index in [4.69, 9.17) is 4.74 Å². The van der Waals surface area contributed by atoms with Crippen LogP contribution in [0.3, 0.4) is 0 Å². The van der Waals surface area contributed by atoms with Crippen LogP contribution in [0.1, 0.15) is 43.2 Å². The van der Waals surface area contributed by atoms with Gasteiger partial charge in [0.2, 0.25) is 5.91 Å². The van der Waals surface area contributed by atoms with Gasteiger partial charge in [0.1, 0.15) is 5.75 Å². The van der Waals surface area contributed by atoms with E-state index in [2.05, 4.69) is 10.0 Å². The molecule has 3 aliphatic rings. The Kier molecular flexibility index (Phi) is 7.85. The first kappa shape index (κ1) is 29.3. The van der Waals surface area contributed by atoms with E-state index in [0.717, 1.165) is 69.3 Å². The van der Waals surface area contributed by atoms with Crippen LogP contribution in [0.15, 0.2) is 89.8 Å². The summed E-state index contributed by atoms with van der Waals surface area (Å²) in [5.74, 6) is -3.14. The molecule has 2 aliphatic heterocycles. The highest BCUT2D eigenvalue weighted by Crippen LogP contribution is 2.41. The van der Waals surface area contributed by atoms with Crippen LogP contribution in [-0.2, 0) is 10.7 Å². The molecule has 5 nitrogen and oxygen atoms in total. The van der Waals surface area contributed by atoms with Crippen LogP contribution < -0.4 is 14.8 Å². The Morgan fingerprint density at radius 3 is 2.25 bits per heavy atom. The Balaban J connectivity index is 1.12. The molecule has 228 valence electrons. The van der Waals surface area contributed by atoms with Gasteiger partial charge in [-0.15, -0.1) is 0 Å². The van der Waals surface area contributed by atoms with Crippen molar-refractivity contribution in [1.29, 1.82) is 0 Å². The lowest BCUT2D eigenvalue weighted by Crippen LogP contribution is -2.78. The van der Waals surface area contributed by atoms with Gasteiger partial charge in [-0.25, -0.2) is 4.72 Å². The van der Waals surface area contributed by atoms with Crippen LogP contribution in [0.4, 0.5) is 8.78 Å². The fourth-order valence-corrected chi connectivity index (χ4v) is 7.39. The second-order valence-corrected chi connectivity index (χ2v) is 13.4. The van der Waals surface area contributed by atoms with Crippen LogP contribution in [0.5, 0.6) is 5.75 Å². The molecule has 1 saturated carbocycles. The van der Waals surface area contributed by atoms with Crippen molar-refractivity contribution in [2.45, 2.75) is 67.5 Å². The van der Waals surface area contributed by atoms with Crippen molar-refractivity contribution in [3.05, 3.63) is 96.1 Å². The maximum absolute atomic E-state index is 16.4. The normalized spacial score (nSPS) is 18.7. The van der Waals surface area contributed by atoms with Gasteiger partial charge in [0.15, 0.2) is 6.04 Å². The van der Waals surface area contributed by atoms with Crippen molar-refractivity contribution in [2.24, 2.45) is 0 Å². The summed E-state index contributed by atoms with van der Waals surface area (Å²) in [5.41, 5.74) is 2.42. The standard InChI is InChI=1S/C36H37F2N3O2S/c1-24-6-8-25(9-7-24)26-10-14-29(15-11-26)36(37,38)33(34(42)41-19-18-35(41)22-39-23-35)40-44-32-17-13-27-20-31(16-12-28(27)21-32)43-30-4-2-3-5-30/h6-17,20-21,30,33,39-40H,2-5,18-19,22-23H2,1H3. The number of fused-ring (bicyclic) bond motifs is 1. The number of hydrogen-bond acceptors (Lipinski definition) is 5. The minimum absolute atomic E-state index is 0.186. The minimum Gasteiger partial charge on any atom is -0.490 e. The lowest BCUT2D eigenvalue weighted by molar-refractivity contribution is -0.164. The second-order valence-electron chi connectivity index (χ2n) is 12.5. The third-order valence-electron chi connectivity index (χ3n) is 9.49. The number of carbonyl (C=O) groups is 1. The van der Waals surface area contributed by atoms with E-state index in [1.165, 1.54) is 25.0 Å². The number of nitrogens with one attached hydrogen (secondary N) is 2. The maximum atomic E-state index is 16.4. The highest BCUT2D eigenvalue weighted by atomic mass is 32.2. The number of alkyl halides is 2. The molecule has 2 saturated heterocycles. The Labute approximate surface area is 261 Å². The van der Waals surface area contributed by atoms with E-state index in [1.807, 2.05) is 67.6 Å². The zero-order chi connectivity index (χ0) is 30.3. The number of carbonyl (C=O) groups excluding carboxylic acids is 1. The topological polar surface area (TPSA) is 53.6 Å². The number of ether oxygens (including phenoxy) is 1. The molecule has 2 N–H and O–H groups in total. The Morgan fingerprint density at radius 2 is 1.61 bits per heavy atom. The number of aryl methyl sites for hydroxylation is 1. The van der Waals surface area contributed by atoms with Crippen LogP contribution >= 0.6 is 11.9 Å². The molecule has 3 fully saturated rings. The summed E-state index contributed by atoms with van der Waals surface area (Å²) in [6.07, 6.45) is 5.72. The molecule has 44 heavy (non-hydrogen) atoms. The molecule has 8 heteroatoms. The molecule has 0 radical (unpaired) electrons. The quantitative estimate of drug-likeness (QED) is 0.192. The maximum Gasteiger partial charge on any atom is 0.298 e.